The highest BCUT2D eigenvalue weighted by Gasteiger charge is 2.10. The lowest BCUT2D eigenvalue weighted by Gasteiger charge is -2.19. The van der Waals surface area contributed by atoms with Crippen molar-refractivity contribution in [2.75, 3.05) is 0 Å². The Morgan fingerprint density at radius 3 is 2.57 bits per heavy atom. The van der Waals surface area contributed by atoms with Crippen LogP contribution in [-0.4, -0.2) is 5.54 Å². The van der Waals surface area contributed by atoms with Gasteiger partial charge in [-0.1, -0.05) is 11.6 Å². The standard InChI is InChI=1S/C16H19ClFNO2/c1-16(2,3)19-9-12-4-5-13(21-12)10-20-11-6-7-14(17)15(18)8-11/h4-8,19H,9-10H2,1-3H3. The molecule has 1 heterocycles. The summed E-state index contributed by atoms with van der Waals surface area (Å²) >= 11 is 5.62. The molecule has 1 aromatic carbocycles. The van der Waals surface area contributed by atoms with E-state index in [2.05, 4.69) is 26.1 Å². The molecule has 0 aliphatic rings. The maximum absolute atomic E-state index is 13.3. The largest absolute Gasteiger partial charge is 0.486 e. The molecule has 0 radical (unpaired) electrons. The van der Waals surface area contributed by atoms with Gasteiger partial charge in [-0.2, -0.15) is 0 Å². The van der Waals surface area contributed by atoms with E-state index in [1.807, 2.05) is 12.1 Å². The van der Waals surface area contributed by atoms with E-state index in [9.17, 15) is 4.39 Å². The van der Waals surface area contributed by atoms with Crippen molar-refractivity contribution in [1.82, 2.24) is 5.32 Å². The van der Waals surface area contributed by atoms with Gasteiger partial charge >= 0.3 is 0 Å². The predicted molar refractivity (Wildman–Crippen MR) is 81.0 cm³/mol. The molecular formula is C16H19ClFNO2. The van der Waals surface area contributed by atoms with Crippen molar-refractivity contribution in [2.45, 2.75) is 39.5 Å². The Balaban J connectivity index is 1.89. The molecule has 0 unspecified atom stereocenters. The Bertz CT molecular complexity index is 605. The Morgan fingerprint density at radius 2 is 1.90 bits per heavy atom. The van der Waals surface area contributed by atoms with Crippen LogP contribution in [0.1, 0.15) is 32.3 Å². The van der Waals surface area contributed by atoms with E-state index in [0.717, 1.165) is 5.76 Å². The molecule has 0 spiro atoms. The highest BCUT2D eigenvalue weighted by atomic mass is 35.5. The molecule has 21 heavy (non-hydrogen) atoms. The van der Waals surface area contributed by atoms with E-state index in [4.69, 9.17) is 20.8 Å². The van der Waals surface area contributed by atoms with Crippen molar-refractivity contribution < 1.29 is 13.5 Å². The molecule has 0 atom stereocenters. The van der Waals surface area contributed by atoms with Crippen molar-refractivity contribution >= 4 is 11.6 Å². The smallest absolute Gasteiger partial charge is 0.146 e. The zero-order chi connectivity index (χ0) is 15.5. The van der Waals surface area contributed by atoms with Gasteiger partial charge in [0.25, 0.3) is 0 Å². The molecule has 0 aliphatic heterocycles. The summed E-state index contributed by atoms with van der Waals surface area (Å²) in [6.07, 6.45) is 0. The first-order valence-electron chi connectivity index (χ1n) is 6.74. The Labute approximate surface area is 129 Å². The van der Waals surface area contributed by atoms with Crippen LogP contribution in [0.15, 0.2) is 34.7 Å². The number of halogens is 2. The van der Waals surface area contributed by atoms with Gasteiger partial charge in [0, 0.05) is 11.6 Å². The molecule has 3 nitrogen and oxygen atoms in total. The number of ether oxygens (including phenoxy) is 1. The monoisotopic (exact) mass is 311 g/mol. The number of benzene rings is 1. The zero-order valence-electron chi connectivity index (χ0n) is 12.4. The number of hydrogen-bond donors (Lipinski definition) is 1. The van der Waals surface area contributed by atoms with Gasteiger partial charge in [0.15, 0.2) is 0 Å². The van der Waals surface area contributed by atoms with E-state index in [0.29, 0.717) is 18.1 Å². The van der Waals surface area contributed by atoms with Crippen molar-refractivity contribution in [3.63, 3.8) is 0 Å². The van der Waals surface area contributed by atoms with Crippen LogP contribution in [-0.2, 0) is 13.2 Å². The molecule has 0 bridgehead atoms. The molecule has 2 aromatic rings. The van der Waals surface area contributed by atoms with Gasteiger partial charge < -0.3 is 14.5 Å². The van der Waals surface area contributed by atoms with Crippen LogP contribution in [0.2, 0.25) is 5.02 Å². The number of hydrogen-bond acceptors (Lipinski definition) is 3. The summed E-state index contributed by atoms with van der Waals surface area (Å²) in [7, 11) is 0. The molecule has 5 heteroatoms. The topological polar surface area (TPSA) is 34.4 Å². The minimum atomic E-state index is -0.497. The fraction of sp³-hybridized carbons (Fsp3) is 0.375. The van der Waals surface area contributed by atoms with Crippen LogP contribution in [0.25, 0.3) is 0 Å². The number of nitrogens with one attached hydrogen (secondary N) is 1. The van der Waals surface area contributed by atoms with Gasteiger partial charge in [-0.05, 0) is 45.0 Å². The molecule has 0 aliphatic carbocycles. The second kappa shape index (κ2) is 6.50. The van der Waals surface area contributed by atoms with Crippen LogP contribution < -0.4 is 10.1 Å². The van der Waals surface area contributed by atoms with E-state index in [1.165, 1.54) is 12.1 Å². The molecule has 0 saturated carbocycles. The molecule has 2 rings (SSSR count). The van der Waals surface area contributed by atoms with Crippen LogP contribution in [0, 0.1) is 5.82 Å². The summed E-state index contributed by atoms with van der Waals surface area (Å²) in [4.78, 5) is 0. The van der Waals surface area contributed by atoms with E-state index in [1.54, 1.807) is 6.07 Å². The minimum absolute atomic E-state index is 0.0320. The third kappa shape index (κ3) is 5.06. The zero-order valence-corrected chi connectivity index (χ0v) is 13.1. The highest BCUT2D eigenvalue weighted by Crippen LogP contribution is 2.21. The average molecular weight is 312 g/mol. The Hall–Kier alpha value is -1.52. The van der Waals surface area contributed by atoms with Crippen molar-refractivity contribution in [1.29, 1.82) is 0 Å². The third-order valence-corrected chi connectivity index (χ3v) is 3.09. The molecule has 114 valence electrons. The van der Waals surface area contributed by atoms with E-state index >= 15 is 0 Å². The molecule has 0 fully saturated rings. The minimum Gasteiger partial charge on any atom is -0.486 e. The van der Waals surface area contributed by atoms with Gasteiger partial charge in [0.2, 0.25) is 0 Å². The first kappa shape index (κ1) is 15.9. The summed E-state index contributed by atoms with van der Waals surface area (Å²) < 4.78 is 24.4. The number of furan rings is 1. The summed E-state index contributed by atoms with van der Waals surface area (Å²) in [6, 6.07) is 8.10. The molecule has 1 N–H and O–H groups in total. The van der Waals surface area contributed by atoms with E-state index in [-0.39, 0.29) is 17.2 Å². The first-order valence-corrected chi connectivity index (χ1v) is 7.12. The van der Waals surface area contributed by atoms with E-state index < -0.39 is 5.82 Å². The molecule has 1 aromatic heterocycles. The lowest BCUT2D eigenvalue weighted by molar-refractivity contribution is 0.262. The third-order valence-electron chi connectivity index (χ3n) is 2.78. The Kier molecular flexibility index (Phi) is 4.91. The van der Waals surface area contributed by atoms with Gasteiger partial charge in [-0.3, -0.25) is 0 Å². The Morgan fingerprint density at radius 1 is 1.19 bits per heavy atom. The lowest BCUT2D eigenvalue weighted by atomic mass is 10.1. The summed E-state index contributed by atoms with van der Waals surface area (Å²) in [5.41, 5.74) is 0.0320. The van der Waals surface area contributed by atoms with Crippen LogP contribution in [0.5, 0.6) is 5.75 Å². The first-order chi connectivity index (χ1) is 9.83. The van der Waals surface area contributed by atoms with Crippen molar-refractivity contribution in [2.24, 2.45) is 0 Å². The SMILES string of the molecule is CC(C)(C)NCc1ccc(COc2ccc(Cl)c(F)c2)o1. The summed E-state index contributed by atoms with van der Waals surface area (Å²) in [6.45, 7) is 7.18. The fourth-order valence-corrected chi connectivity index (χ4v) is 1.79. The highest BCUT2D eigenvalue weighted by molar-refractivity contribution is 6.30. The van der Waals surface area contributed by atoms with Gasteiger partial charge in [-0.25, -0.2) is 4.39 Å². The molecular weight excluding hydrogens is 293 g/mol. The lowest BCUT2D eigenvalue weighted by Crippen LogP contribution is -2.34. The molecule has 0 amide bonds. The normalized spacial score (nSPS) is 11.7. The van der Waals surface area contributed by atoms with Gasteiger partial charge in [0.1, 0.15) is 29.7 Å². The fourth-order valence-electron chi connectivity index (χ4n) is 1.67. The van der Waals surface area contributed by atoms with Crippen LogP contribution in [0.4, 0.5) is 4.39 Å². The quantitative estimate of drug-likeness (QED) is 0.880. The number of rotatable bonds is 5. The second-order valence-electron chi connectivity index (χ2n) is 5.84. The maximum Gasteiger partial charge on any atom is 0.146 e. The second-order valence-corrected chi connectivity index (χ2v) is 6.24. The maximum atomic E-state index is 13.3. The summed E-state index contributed by atoms with van der Waals surface area (Å²) in [5, 5.41) is 3.42. The average Bonchev–Trinajstić information content (AvgIpc) is 2.85. The summed E-state index contributed by atoms with van der Waals surface area (Å²) in [5.74, 6) is 1.45. The van der Waals surface area contributed by atoms with Crippen molar-refractivity contribution in [3.8, 4) is 5.75 Å². The van der Waals surface area contributed by atoms with Crippen molar-refractivity contribution in [3.05, 3.63) is 52.7 Å². The van der Waals surface area contributed by atoms with Gasteiger partial charge in [-0.15, -0.1) is 0 Å². The van der Waals surface area contributed by atoms with Gasteiger partial charge in [0.05, 0.1) is 11.6 Å². The molecule has 0 saturated heterocycles. The predicted octanol–water partition coefficient (Wildman–Crippen LogP) is 4.54. The van der Waals surface area contributed by atoms with Crippen LogP contribution in [0.3, 0.4) is 0 Å². The van der Waals surface area contributed by atoms with Crippen LogP contribution >= 0.6 is 11.6 Å².